The van der Waals surface area contributed by atoms with Crippen LogP contribution >= 0.6 is 0 Å². The zero-order chi connectivity index (χ0) is 61.5. The highest BCUT2D eigenvalue weighted by atomic mass is 16.6. The monoisotopic (exact) mass is 1180 g/mol. The lowest BCUT2D eigenvalue weighted by Crippen LogP contribution is -2.41. The third kappa shape index (κ3) is 33.2. The molecule has 0 fully saturated rings. The van der Waals surface area contributed by atoms with Gasteiger partial charge in [0.05, 0.1) is 34.6 Å². The Labute approximate surface area is 504 Å². The number of hydrogen-bond donors (Lipinski definition) is 0. The number of nitro groups is 3. The van der Waals surface area contributed by atoms with Crippen molar-refractivity contribution < 1.29 is 43.4 Å². The van der Waals surface area contributed by atoms with E-state index in [-0.39, 0.29) is 19.8 Å². The van der Waals surface area contributed by atoms with Gasteiger partial charge < -0.3 is 28.9 Å². The van der Waals surface area contributed by atoms with Gasteiger partial charge in [-0.1, -0.05) is 208 Å². The lowest BCUT2D eigenvalue weighted by Gasteiger charge is -2.31. The third-order valence-electron chi connectivity index (χ3n) is 13.9. The molecule has 0 heterocycles. The highest BCUT2D eigenvalue weighted by Gasteiger charge is 2.25. The van der Waals surface area contributed by atoms with Gasteiger partial charge in [0.2, 0.25) is 0 Å². The van der Waals surface area contributed by atoms with Gasteiger partial charge in [-0.05, 0) is 72.8 Å². The summed E-state index contributed by atoms with van der Waals surface area (Å²) in [6, 6.07) is 29.1. The zero-order valence-corrected chi connectivity index (χ0v) is 50.6. The molecule has 0 atom stereocenters. The number of allylic oxidation sites excluding steroid dienone is 6. The van der Waals surface area contributed by atoms with Crippen LogP contribution in [0.2, 0.25) is 0 Å². The molecule has 0 saturated carbocycles. The molecule has 464 valence electrons. The smallest absolute Gasteiger partial charge is 0.409 e. The number of unbranched alkanes of at least 4 members (excludes halogenated alkanes) is 15. The molecule has 0 aliphatic carbocycles. The maximum atomic E-state index is 13.0. The molecule has 0 N–H and O–H groups in total. The van der Waals surface area contributed by atoms with Crippen molar-refractivity contribution in [2.45, 2.75) is 156 Å². The highest BCUT2D eigenvalue weighted by Crippen LogP contribution is 2.14. The van der Waals surface area contributed by atoms with Crippen LogP contribution in [0.3, 0.4) is 0 Å². The molecule has 0 aromatic heterocycles. The van der Waals surface area contributed by atoms with Crippen LogP contribution in [-0.4, -0.2) is 111 Å². The number of hydrogen-bond acceptors (Lipinski definition) is 16. The van der Waals surface area contributed by atoms with E-state index in [2.05, 4.69) is 25.7 Å². The Hall–Kier alpha value is -7.93. The average molecular weight is 1180 g/mol. The third-order valence-corrected chi connectivity index (χ3v) is 13.9. The fraction of sp³-hybridized carbons (Fsp3) is 0.500. The van der Waals surface area contributed by atoms with Gasteiger partial charge in [-0.25, -0.2) is 14.4 Å². The van der Waals surface area contributed by atoms with Crippen LogP contribution < -0.4 is 0 Å². The Bertz CT molecular complexity index is 2290. The standard InChI is InChI=1S/C66H93N7O12/c1-4-7-10-13-16-28-52-83-64(74)61(71(77)78)40-31-43-68(55-58-34-22-19-23-35-58)49-46-67(47-50-69(56-59-36-24-20-25-37-59)44-32-41-62(72(79)80)65(75)84-53-29-17-14-11-8-5-2)48-51-70(57-60-38-26-21-27-39-60)45-33-42-63(73(81)82)66(76)85-54-30-18-15-12-9-6-3/h19-27,31-45H,4-18,28-30,46-57H2,1-3H3/b43-31+,44-32+,45-33+,61-40-,62-41-,63-42+. The lowest BCUT2D eigenvalue weighted by atomic mass is 10.1. The molecule has 19 heteroatoms. The normalized spacial score (nSPS) is 12.1. The molecular weight excluding hydrogens is 1080 g/mol. The summed E-state index contributed by atoms with van der Waals surface area (Å²) in [5.74, 6) is -3.02. The number of rotatable bonds is 48. The van der Waals surface area contributed by atoms with Crippen LogP contribution in [0, 0.1) is 30.3 Å². The van der Waals surface area contributed by atoms with Crippen LogP contribution in [0.5, 0.6) is 0 Å². The molecule has 3 rings (SSSR count). The first-order valence-electron chi connectivity index (χ1n) is 30.5. The van der Waals surface area contributed by atoms with Gasteiger partial charge in [0.25, 0.3) is 0 Å². The number of esters is 3. The molecule has 0 bridgehead atoms. The molecule has 0 unspecified atom stereocenters. The molecule has 0 amide bonds. The van der Waals surface area contributed by atoms with Gasteiger partial charge in [0.15, 0.2) is 0 Å². The van der Waals surface area contributed by atoms with Crippen molar-refractivity contribution in [3.05, 3.63) is 210 Å². The SMILES string of the molecule is CCCCCCCCOC(=O)/C(=C/C=C/N(CCN(CCN(/C=C/C=C(/C(=O)OCCCCCCCC)[N+](=O)[O-])Cc1ccccc1)CCN(/C=C/C=C(\C(=O)OCCCCCCCC)[N+](=O)[O-])Cc1ccccc1)Cc1ccccc1)[N+](=O)[O-]. The van der Waals surface area contributed by atoms with E-state index in [1.165, 1.54) is 18.2 Å². The number of benzene rings is 3. The summed E-state index contributed by atoms with van der Waals surface area (Å²) in [6.45, 7) is 10.5. The lowest BCUT2D eigenvalue weighted by molar-refractivity contribution is -0.421. The van der Waals surface area contributed by atoms with Gasteiger partial charge in [-0.2, -0.15) is 0 Å². The first-order valence-corrected chi connectivity index (χ1v) is 30.5. The molecule has 3 aromatic carbocycles. The number of nitrogens with zero attached hydrogens (tertiary/aromatic N) is 7. The van der Waals surface area contributed by atoms with Crippen LogP contribution in [0.15, 0.2) is 163 Å². The molecular formula is C66H93N7O12. The first-order chi connectivity index (χ1) is 41.3. The van der Waals surface area contributed by atoms with Crippen molar-refractivity contribution in [3.63, 3.8) is 0 Å². The van der Waals surface area contributed by atoms with Crippen molar-refractivity contribution >= 4 is 17.9 Å². The van der Waals surface area contributed by atoms with Gasteiger partial charge in [-0.15, -0.1) is 0 Å². The quantitative estimate of drug-likeness (QED) is 0.00975. The van der Waals surface area contributed by atoms with Crippen LogP contribution in [-0.2, 0) is 48.2 Å². The fourth-order valence-corrected chi connectivity index (χ4v) is 8.96. The van der Waals surface area contributed by atoms with E-state index in [1.54, 1.807) is 18.6 Å². The summed E-state index contributed by atoms with van der Waals surface area (Å²) in [4.78, 5) is 81.3. The molecule has 85 heavy (non-hydrogen) atoms. The Morgan fingerprint density at radius 2 is 0.624 bits per heavy atom. The van der Waals surface area contributed by atoms with Gasteiger partial charge in [0, 0.05) is 77.1 Å². The van der Waals surface area contributed by atoms with E-state index in [4.69, 9.17) is 14.2 Å². The molecule has 0 saturated heterocycles. The summed E-state index contributed by atoms with van der Waals surface area (Å²) < 4.78 is 16.0. The molecule has 0 aliphatic rings. The maximum Gasteiger partial charge on any atom is 0.409 e. The van der Waals surface area contributed by atoms with Crippen LogP contribution in [0.25, 0.3) is 0 Å². The minimum atomic E-state index is -1.01. The maximum absolute atomic E-state index is 13.0. The van der Waals surface area contributed by atoms with E-state index in [0.717, 1.165) is 131 Å². The number of ether oxygens (including phenoxy) is 3. The van der Waals surface area contributed by atoms with Crippen molar-refractivity contribution in [2.75, 3.05) is 59.1 Å². The Morgan fingerprint density at radius 3 is 0.871 bits per heavy atom. The second-order valence-corrected chi connectivity index (χ2v) is 20.9. The van der Waals surface area contributed by atoms with Crippen molar-refractivity contribution in [1.29, 1.82) is 0 Å². The Balaban J connectivity index is 2.01. The number of carbonyl (C=O) groups is 3. The predicted molar refractivity (Wildman–Crippen MR) is 333 cm³/mol. The average Bonchev–Trinajstić information content (AvgIpc) is 3.52. The fourth-order valence-electron chi connectivity index (χ4n) is 8.96. The summed E-state index contributed by atoms with van der Waals surface area (Å²) in [5.41, 5.74) is 0.855. The van der Waals surface area contributed by atoms with E-state index in [1.807, 2.05) is 106 Å². The van der Waals surface area contributed by atoms with Crippen LogP contribution in [0.4, 0.5) is 0 Å². The summed E-state index contributed by atoms with van der Waals surface area (Å²) in [7, 11) is 0. The molecule has 0 radical (unpaired) electrons. The van der Waals surface area contributed by atoms with Crippen molar-refractivity contribution in [1.82, 2.24) is 19.6 Å². The van der Waals surface area contributed by atoms with E-state index in [9.17, 15) is 44.7 Å². The van der Waals surface area contributed by atoms with E-state index in [0.29, 0.717) is 78.2 Å². The van der Waals surface area contributed by atoms with Gasteiger partial charge in [-0.3, -0.25) is 35.2 Å². The summed E-state index contributed by atoms with van der Waals surface area (Å²) in [5, 5.41) is 36.5. The predicted octanol–water partition coefficient (Wildman–Crippen LogP) is 13.5. The molecule has 19 nitrogen and oxygen atoms in total. The second kappa shape index (κ2) is 45.5. The van der Waals surface area contributed by atoms with E-state index < -0.39 is 49.8 Å². The molecule has 0 spiro atoms. The minimum absolute atomic E-state index is 0.0855. The van der Waals surface area contributed by atoms with Gasteiger partial charge >= 0.3 is 35.0 Å². The van der Waals surface area contributed by atoms with Crippen molar-refractivity contribution in [3.8, 4) is 0 Å². The first kappa shape index (κ1) is 71.3. The Kier molecular flexibility index (Phi) is 38.2. The zero-order valence-electron chi connectivity index (χ0n) is 50.6. The van der Waals surface area contributed by atoms with Gasteiger partial charge in [0.1, 0.15) is 0 Å². The summed E-state index contributed by atoms with van der Waals surface area (Å²) >= 11 is 0. The second-order valence-electron chi connectivity index (χ2n) is 20.9. The topological polar surface area (TPSA) is 221 Å². The van der Waals surface area contributed by atoms with Crippen LogP contribution in [0.1, 0.15) is 153 Å². The Morgan fingerprint density at radius 1 is 0.376 bits per heavy atom. The number of carbonyl (C=O) groups excluding carboxylic acids is 3. The molecule has 0 aliphatic heterocycles. The van der Waals surface area contributed by atoms with Crippen molar-refractivity contribution in [2.24, 2.45) is 0 Å². The minimum Gasteiger partial charge on any atom is -0.458 e. The van der Waals surface area contributed by atoms with E-state index >= 15 is 0 Å². The highest BCUT2D eigenvalue weighted by molar-refractivity contribution is 5.87. The molecule has 3 aromatic rings. The summed E-state index contributed by atoms with van der Waals surface area (Å²) in [6.07, 6.45) is 30.4. The largest absolute Gasteiger partial charge is 0.458 e.